The number of hydrogen-bond acceptors (Lipinski definition) is 6. The summed E-state index contributed by atoms with van der Waals surface area (Å²) >= 11 is 12.3. The maximum atomic E-state index is 13.0. The number of anilines is 3. The molecule has 0 atom stereocenters. The second-order valence-corrected chi connectivity index (χ2v) is 10.5. The van der Waals surface area contributed by atoms with Gasteiger partial charge in [0, 0.05) is 16.4 Å². The predicted octanol–water partition coefficient (Wildman–Crippen LogP) is 3.91. The molecule has 0 aromatic heterocycles. The van der Waals surface area contributed by atoms with Gasteiger partial charge < -0.3 is 10.6 Å². The van der Waals surface area contributed by atoms with E-state index in [2.05, 4.69) is 10.6 Å². The molecule has 12 heteroatoms. The average Bonchev–Trinajstić information content (AvgIpc) is 3.05. The number of amides is 3. The molecular formula is C25H20Cl2N4O5S. The minimum absolute atomic E-state index is 0.0416. The van der Waals surface area contributed by atoms with Gasteiger partial charge >= 0.3 is 0 Å². The lowest BCUT2D eigenvalue weighted by Crippen LogP contribution is -2.32. The molecule has 4 rings (SSSR count). The van der Waals surface area contributed by atoms with Crippen LogP contribution in [-0.2, 0) is 30.8 Å². The third kappa shape index (κ3) is 5.67. The topological polar surface area (TPSA) is 139 Å². The third-order valence-corrected chi connectivity index (χ3v) is 7.25. The largest absolute Gasteiger partial charge is 0.350 e. The lowest BCUT2D eigenvalue weighted by molar-refractivity contribution is -0.120. The van der Waals surface area contributed by atoms with Crippen molar-refractivity contribution in [1.29, 1.82) is 0 Å². The van der Waals surface area contributed by atoms with E-state index in [1.165, 1.54) is 24.3 Å². The zero-order chi connectivity index (χ0) is 26.9. The van der Waals surface area contributed by atoms with Crippen LogP contribution in [0.25, 0.3) is 0 Å². The van der Waals surface area contributed by atoms with Gasteiger partial charge in [-0.1, -0.05) is 41.4 Å². The number of nitrogens with one attached hydrogen (secondary N) is 2. The highest BCUT2D eigenvalue weighted by molar-refractivity contribution is 7.89. The van der Waals surface area contributed by atoms with Gasteiger partial charge in [-0.15, -0.1) is 0 Å². The van der Waals surface area contributed by atoms with Crippen LogP contribution in [0.1, 0.15) is 11.1 Å². The Bertz CT molecular complexity index is 1550. The number of primary sulfonamides is 1. The number of carbonyl (C=O) groups excluding carboxylic acids is 3. The Morgan fingerprint density at radius 1 is 0.919 bits per heavy atom. The summed E-state index contributed by atoms with van der Waals surface area (Å²) in [5.41, 5.74) is 2.43. The number of benzene rings is 3. The standard InChI is InChI=1S/C25H20Cl2N4O5S/c1-14-19(26)3-2-4-20(14)31-24(33)22(27)23(25(31)34)30-17-7-5-15(6-8-17)13-21(32)29-16-9-11-18(12-10-16)37(28,35)36/h2-12,30H,13H2,1H3,(H,29,32)(H2,28,35,36). The maximum Gasteiger partial charge on any atom is 0.283 e. The number of rotatable bonds is 7. The molecule has 3 aromatic carbocycles. The highest BCUT2D eigenvalue weighted by Crippen LogP contribution is 2.34. The van der Waals surface area contributed by atoms with E-state index in [1.807, 2.05) is 0 Å². The van der Waals surface area contributed by atoms with Gasteiger partial charge in [0.2, 0.25) is 15.9 Å². The molecule has 1 aliphatic rings. The molecule has 0 radical (unpaired) electrons. The molecule has 1 heterocycles. The van der Waals surface area contributed by atoms with Crippen molar-refractivity contribution in [3.8, 4) is 0 Å². The van der Waals surface area contributed by atoms with Crippen molar-refractivity contribution in [2.24, 2.45) is 5.14 Å². The van der Waals surface area contributed by atoms with Crippen molar-refractivity contribution in [3.63, 3.8) is 0 Å². The molecule has 9 nitrogen and oxygen atoms in total. The summed E-state index contributed by atoms with van der Waals surface area (Å²) in [5.74, 6) is -1.60. The van der Waals surface area contributed by atoms with Gasteiger partial charge in [-0.05, 0) is 66.6 Å². The minimum Gasteiger partial charge on any atom is -0.350 e. The first-order valence-electron chi connectivity index (χ1n) is 10.8. The van der Waals surface area contributed by atoms with Crippen LogP contribution in [-0.4, -0.2) is 26.1 Å². The fourth-order valence-corrected chi connectivity index (χ4v) is 4.53. The van der Waals surface area contributed by atoms with Crippen LogP contribution in [0.3, 0.4) is 0 Å². The summed E-state index contributed by atoms with van der Waals surface area (Å²) in [6.07, 6.45) is 0.0416. The van der Waals surface area contributed by atoms with Gasteiger partial charge in [-0.3, -0.25) is 14.4 Å². The fraction of sp³-hybridized carbons (Fsp3) is 0.0800. The summed E-state index contributed by atoms with van der Waals surface area (Å²) < 4.78 is 22.7. The van der Waals surface area contributed by atoms with Gasteiger partial charge in [0.25, 0.3) is 11.8 Å². The summed E-state index contributed by atoms with van der Waals surface area (Å²) in [7, 11) is -3.82. The van der Waals surface area contributed by atoms with E-state index in [4.69, 9.17) is 28.3 Å². The van der Waals surface area contributed by atoms with Gasteiger partial charge in [0.15, 0.2) is 0 Å². The number of hydrogen-bond donors (Lipinski definition) is 3. The molecule has 0 saturated carbocycles. The van der Waals surface area contributed by atoms with Crippen LogP contribution >= 0.6 is 23.2 Å². The van der Waals surface area contributed by atoms with E-state index >= 15 is 0 Å². The number of carbonyl (C=O) groups is 3. The molecule has 0 saturated heterocycles. The smallest absolute Gasteiger partial charge is 0.283 e. The molecule has 0 unspecified atom stereocenters. The summed E-state index contributed by atoms with van der Waals surface area (Å²) in [6.45, 7) is 1.70. The Kier molecular flexibility index (Phi) is 7.37. The monoisotopic (exact) mass is 558 g/mol. The number of nitrogens with two attached hydrogens (primary N) is 1. The molecular weight excluding hydrogens is 539 g/mol. The first-order valence-corrected chi connectivity index (χ1v) is 13.1. The third-order valence-electron chi connectivity index (χ3n) is 5.56. The number of nitrogens with zero attached hydrogens (tertiary/aromatic N) is 1. The zero-order valence-corrected chi connectivity index (χ0v) is 21.6. The Morgan fingerprint density at radius 3 is 2.16 bits per heavy atom. The lowest BCUT2D eigenvalue weighted by atomic mass is 10.1. The normalized spacial score (nSPS) is 13.8. The van der Waals surface area contributed by atoms with E-state index in [1.54, 1.807) is 49.4 Å². The first kappa shape index (κ1) is 26.4. The summed E-state index contributed by atoms with van der Waals surface area (Å²) in [5, 5.41) is 10.8. The summed E-state index contributed by atoms with van der Waals surface area (Å²) in [6, 6.07) is 17.0. The van der Waals surface area contributed by atoms with Gasteiger partial charge in [0.05, 0.1) is 17.0 Å². The Labute approximate surface area is 222 Å². The van der Waals surface area contributed by atoms with Crippen LogP contribution in [0, 0.1) is 6.92 Å². The van der Waals surface area contributed by atoms with Crippen molar-refractivity contribution >= 4 is 68.0 Å². The SMILES string of the molecule is Cc1c(Cl)cccc1N1C(=O)C(Cl)=C(Nc2ccc(CC(=O)Nc3ccc(S(N)(=O)=O)cc3)cc2)C1=O. The highest BCUT2D eigenvalue weighted by atomic mass is 35.5. The Hall–Kier alpha value is -3.70. The molecule has 1 aliphatic heterocycles. The predicted molar refractivity (Wildman–Crippen MR) is 142 cm³/mol. The first-order chi connectivity index (χ1) is 17.5. The van der Waals surface area contributed by atoms with Gasteiger partial charge in [-0.25, -0.2) is 18.5 Å². The van der Waals surface area contributed by atoms with Crippen LogP contribution in [0.4, 0.5) is 17.1 Å². The van der Waals surface area contributed by atoms with Crippen molar-refractivity contribution in [2.45, 2.75) is 18.2 Å². The van der Waals surface area contributed by atoms with Gasteiger partial charge in [0.1, 0.15) is 10.7 Å². The quantitative estimate of drug-likeness (QED) is 0.375. The molecule has 0 aliphatic carbocycles. The lowest BCUT2D eigenvalue weighted by Gasteiger charge is -2.18. The number of imide groups is 1. The molecule has 4 N–H and O–H groups in total. The van der Waals surface area contributed by atoms with Crippen molar-refractivity contribution < 1.29 is 22.8 Å². The highest BCUT2D eigenvalue weighted by Gasteiger charge is 2.39. The molecule has 0 bridgehead atoms. The second kappa shape index (κ2) is 10.3. The Balaban J connectivity index is 1.41. The molecule has 37 heavy (non-hydrogen) atoms. The molecule has 190 valence electrons. The zero-order valence-electron chi connectivity index (χ0n) is 19.3. The van der Waals surface area contributed by atoms with E-state index in [0.29, 0.717) is 33.2 Å². The van der Waals surface area contributed by atoms with Crippen LogP contribution < -0.4 is 20.7 Å². The molecule has 0 spiro atoms. The van der Waals surface area contributed by atoms with Crippen LogP contribution in [0.15, 0.2) is 82.4 Å². The van der Waals surface area contributed by atoms with Crippen LogP contribution in [0.5, 0.6) is 0 Å². The van der Waals surface area contributed by atoms with E-state index in [-0.39, 0.29) is 28.0 Å². The Morgan fingerprint density at radius 2 is 1.54 bits per heavy atom. The van der Waals surface area contributed by atoms with E-state index in [9.17, 15) is 22.8 Å². The maximum absolute atomic E-state index is 13.0. The minimum atomic E-state index is -3.82. The van der Waals surface area contributed by atoms with Crippen molar-refractivity contribution in [3.05, 3.63) is 93.6 Å². The van der Waals surface area contributed by atoms with Crippen LogP contribution in [0.2, 0.25) is 5.02 Å². The molecule has 0 fully saturated rings. The van der Waals surface area contributed by atoms with E-state index < -0.39 is 21.8 Å². The fourth-order valence-electron chi connectivity index (χ4n) is 3.64. The molecule has 3 amide bonds. The molecule has 3 aromatic rings. The second-order valence-electron chi connectivity index (χ2n) is 8.13. The van der Waals surface area contributed by atoms with Crippen molar-refractivity contribution in [2.75, 3.05) is 15.5 Å². The summed E-state index contributed by atoms with van der Waals surface area (Å²) in [4.78, 5) is 39.0. The number of halogens is 2. The van der Waals surface area contributed by atoms with Crippen molar-refractivity contribution in [1.82, 2.24) is 0 Å². The van der Waals surface area contributed by atoms with Gasteiger partial charge in [-0.2, -0.15) is 0 Å². The number of sulfonamides is 1. The van der Waals surface area contributed by atoms with E-state index in [0.717, 1.165) is 4.90 Å². The average molecular weight is 559 g/mol.